The highest BCUT2D eigenvalue weighted by Crippen LogP contribution is 2.25. The zero-order valence-electron chi connectivity index (χ0n) is 15.4. The first-order valence-electron chi connectivity index (χ1n) is 8.78. The summed E-state index contributed by atoms with van der Waals surface area (Å²) in [5, 5.41) is 6.63. The highest BCUT2D eigenvalue weighted by Gasteiger charge is 2.26. The smallest absolute Gasteiger partial charge is 0.241 e. The third-order valence-electron chi connectivity index (χ3n) is 4.34. The van der Waals surface area contributed by atoms with Crippen LogP contribution in [0.15, 0.2) is 18.2 Å². The second-order valence-corrected chi connectivity index (χ2v) is 7.64. The van der Waals surface area contributed by atoms with Gasteiger partial charge in [-0.3, -0.25) is 19.4 Å². The van der Waals surface area contributed by atoms with Gasteiger partial charge in [-0.1, -0.05) is 23.2 Å². The number of hydrogen-bond acceptors (Lipinski definition) is 4. The van der Waals surface area contributed by atoms with E-state index in [1.54, 1.807) is 18.2 Å². The fourth-order valence-corrected chi connectivity index (χ4v) is 3.16. The number of nitrogens with one attached hydrogen (secondary N) is 2. The molecule has 1 aliphatic rings. The van der Waals surface area contributed by atoms with E-state index in [1.807, 2.05) is 20.8 Å². The minimum absolute atomic E-state index is 0.0406. The van der Waals surface area contributed by atoms with Gasteiger partial charge in [0.15, 0.2) is 0 Å². The third-order valence-corrected chi connectivity index (χ3v) is 5.08. The molecule has 1 heterocycles. The number of halogens is 2. The van der Waals surface area contributed by atoms with Crippen LogP contribution >= 0.6 is 23.2 Å². The number of amides is 2. The maximum Gasteiger partial charge on any atom is 0.241 e. The third kappa shape index (κ3) is 6.13. The van der Waals surface area contributed by atoms with Crippen molar-refractivity contribution in [2.75, 3.05) is 38.0 Å². The molecular weight excluding hydrogens is 375 g/mol. The van der Waals surface area contributed by atoms with Crippen molar-refractivity contribution in [1.29, 1.82) is 0 Å². The summed E-state index contributed by atoms with van der Waals surface area (Å²) in [4.78, 5) is 28.6. The maximum atomic E-state index is 12.5. The lowest BCUT2D eigenvalue weighted by Gasteiger charge is -2.37. The highest BCUT2D eigenvalue weighted by atomic mass is 35.5. The van der Waals surface area contributed by atoms with Gasteiger partial charge in [-0.2, -0.15) is 0 Å². The van der Waals surface area contributed by atoms with Crippen LogP contribution in [0.25, 0.3) is 0 Å². The van der Waals surface area contributed by atoms with Crippen LogP contribution in [0, 0.1) is 0 Å². The van der Waals surface area contributed by atoms with Gasteiger partial charge in [0.2, 0.25) is 11.8 Å². The standard InChI is InChI=1S/C18H26Cl2N4O2/c1-12(2)21-17(25)11-23-6-8-24(9-7-23)13(3)18(26)22-14-4-5-15(19)16(20)10-14/h4-5,10,12-13H,6-9,11H2,1-3H3,(H,21,25)(H,22,26). The minimum Gasteiger partial charge on any atom is -0.353 e. The topological polar surface area (TPSA) is 64.7 Å². The fraction of sp³-hybridized carbons (Fsp3) is 0.556. The Morgan fingerprint density at radius 3 is 2.31 bits per heavy atom. The predicted molar refractivity (Wildman–Crippen MR) is 106 cm³/mol. The lowest BCUT2D eigenvalue weighted by molar-refractivity contribution is -0.125. The minimum atomic E-state index is -0.268. The Balaban J connectivity index is 1.81. The first kappa shape index (κ1) is 21.0. The lowest BCUT2D eigenvalue weighted by Crippen LogP contribution is -2.54. The summed E-state index contributed by atoms with van der Waals surface area (Å²) in [5.41, 5.74) is 0.625. The van der Waals surface area contributed by atoms with Crippen LogP contribution in [-0.4, -0.2) is 66.4 Å². The number of nitrogens with zero attached hydrogens (tertiary/aromatic N) is 2. The van der Waals surface area contributed by atoms with Crippen LogP contribution in [0.2, 0.25) is 10.0 Å². The molecule has 6 nitrogen and oxygen atoms in total. The molecule has 8 heteroatoms. The summed E-state index contributed by atoms with van der Waals surface area (Å²) in [6, 6.07) is 4.90. The number of carbonyl (C=O) groups is 2. The van der Waals surface area contributed by atoms with Crippen molar-refractivity contribution in [2.24, 2.45) is 0 Å². The van der Waals surface area contributed by atoms with Crippen LogP contribution in [0.1, 0.15) is 20.8 Å². The van der Waals surface area contributed by atoms with Crippen molar-refractivity contribution < 1.29 is 9.59 Å². The Hall–Kier alpha value is -1.34. The molecule has 1 aliphatic heterocycles. The summed E-state index contributed by atoms with van der Waals surface area (Å²) in [6.45, 7) is 9.18. The highest BCUT2D eigenvalue weighted by molar-refractivity contribution is 6.42. The van der Waals surface area contributed by atoms with Crippen molar-refractivity contribution in [1.82, 2.24) is 15.1 Å². The molecule has 0 bridgehead atoms. The van der Waals surface area contributed by atoms with Gasteiger partial charge in [-0.25, -0.2) is 0 Å². The summed E-state index contributed by atoms with van der Waals surface area (Å²) in [6.07, 6.45) is 0. The molecule has 1 saturated heterocycles. The molecule has 0 aromatic heterocycles. The maximum absolute atomic E-state index is 12.5. The van der Waals surface area contributed by atoms with Gasteiger partial charge in [0.1, 0.15) is 0 Å². The van der Waals surface area contributed by atoms with Crippen LogP contribution in [0.4, 0.5) is 5.69 Å². The van der Waals surface area contributed by atoms with Gasteiger partial charge in [0.25, 0.3) is 0 Å². The van der Waals surface area contributed by atoms with E-state index in [0.29, 0.717) is 22.3 Å². The van der Waals surface area contributed by atoms with E-state index in [1.165, 1.54) is 0 Å². The van der Waals surface area contributed by atoms with Crippen LogP contribution < -0.4 is 10.6 Å². The van der Waals surface area contributed by atoms with Gasteiger partial charge in [0.05, 0.1) is 22.6 Å². The van der Waals surface area contributed by atoms with Crippen LogP contribution in [0.5, 0.6) is 0 Å². The molecule has 2 amide bonds. The van der Waals surface area contributed by atoms with Gasteiger partial charge in [-0.15, -0.1) is 0 Å². The summed E-state index contributed by atoms with van der Waals surface area (Å²) >= 11 is 11.9. The van der Waals surface area contributed by atoms with Gasteiger partial charge < -0.3 is 10.6 Å². The first-order valence-corrected chi connectivity index (χ1v) is 9.53. The zero-order valence-corrected chi connectivity index (χ0v) is 16.9. The molecule has 1 aromatic carbocycles. The Kier molecular flexibility index (Phi) is 7.70. The summed E-state index contributed by atoms with van der Waals surface area (Å²) < 4.78 is 0. The largest absolute Gasteiger partial charge is 0.353 e. The van der Waals surface area contributed by atoms with Crippen molar-refractivity contribution in [2.45, 2.75) is 32.9 Å². The molecular formula is C18H26Cl2N4O2. The van der Waals surface area contributed by atoms with Gasteiger partial charge in [-0.05, 0) is 39.0 Å². The van der Waals surface area contributed by atoms with E-state index < -0.39 is 0 Å². The average molecular weight is 401 g/mol. The Bertz CT molecular complexity index is 646. The Morgan fingerprint density at radius 1 is 1.08 bits per heavy atom. The van der Waals surface area contributed by atoms with E-state index >= 15 is 0 Å². The monoisotopic (exact) mass is 400 g/mol. The van der Waals surface area contributed by atoms with E-state index in [-0.39, 0.29) is 23.9 Å². The van der Waals surface area contributed by atoms with E-state index in [4.69, 9.17) is 23.2 Å². The molecule has 0 radical (unpaired) electrons. The summed E-state index contributed by atoms with van der Waals surface area (Å²) in [5.74, 6) is -0.0479. The number of anilines is 1. The van der Waals surface area contributed by atoms with Crippen molar-refractivity contribution in [3.8, 4) is 0 Å². The Morgan fingerprint density at radius 2 is 1.73 bits per heavy atom. The van der Waals surface area contributed by atoms with Crippen molar-refractivity contribution in [3.05, 3.63) is 28.2 Å². The average Bonchev–Trinajstić information content (AvgIpc) is 2.57. The van der Waals surface area contributed by atoms with Crippen molar-refractivity contribution >= 4 is 40.7 Å². The molecule has 1 aromatic rings. The molecule has 1 fully saturated rings. The molecule has 2 N–H and O–H groups in total. The first-order chi connectivity index (χ1) is 12.3. The molecule has 2 rings (SSSR count). The van der Waals surface area contributed by atoms with Crippen LogP contribution in [0.3, 0.4) is 0 Å². The molecule has 0 saturated carbocycles. The number of benzene rings is 1. The Labute approximate surface area is 164 Å². The van der Waals surface area contributed by atoms with E-state index in [0.717, 1.165) is 26.2 Å². The molecule has 26 heavy (non-hydrogen) atoms. The second kappa shape index (κ2) is 9.55. The zero-order chi connectivity index (χ0) is 19.3. The fourth-order valence-electron chi connectivity index (χ4n) is 2.87. The van der Waals surface area contributed by atoms with E-state index in [2.05, 4.69) is 20.4 Å². The van der Waals surface area contributed by atoms with Gasteiger partial charge in [0, 0.05) is 37.9 Å². The molecule has 1 unspecified atom stereocenters. The normalized spacial score (nSPS) is 17.2. The molecule has 1 atom stereocenters. The number of carbonyl (C=O) groups excluding carboxylic acids is 2. The number of rotatable bonds is 6. The van der Waals surface area contributed by atoms with Gasteiger partial charge >= 0.3 is 0 Å². The SMILES string of the molecule is CC(C)NC(=O)CN1CCN(C(C)C(=O)Nc2ccc(Cl)c(Cl)c2)CC1. The summed E-state index contributed by atoms with van der Waals surface area (Å²) in [7, 11) is 0. The van der Waals surface area contributed by atoms with E-state index in [9.17, 15) is 9.59 Å². The predicted octanol–water partition coefficient (Wildman–Crippen LogP) is 2.46. The molecule has 0 aliphatic carbocycles. The quantitative estimate of drug-likeness (QED) is 0.769. The second-order valence-electron chi connectivity index (χ2n) is 6.83. The van der Waals surface area contributed by atoms with Crippen LogP contribution in [-0.2, 0) is 9.59 Å². The number of piperazine rings is 1. The van der Waals surface area contributed by atoms with Crippen molar-refractivity contribution in [3.63, 3.8) is 0 Å². The molecule has 144 valence electrons. The molecule has 0 spiro atoms. The number of hydrogen-bond donors (Lipinski definition) is 2. The lowest BCUT2D eigenvalue weighted by atomic mass is 10.2.